The predicted molar refractivity (Wildman–Crippen MR) is 108 cm³/mol. The lowest BCUT2D eigenvalue weighted by Gasteiger charge is -2.36. The number of thioether (sulfide) groups is 1. The maximum Gasteiger partial charge on any atom is 0.254 e. The Morgan fingerprint density at radius 3 is 2.70 bits per heavy atom. The van der Waals surface area contributed by atoms with Gasteiger partial charge in [-0.2, -0.15) is 0 Å². The van der Waals surface area contributed by atoms with E-state index in [0.717, 1.165) is 44.2 Å². The third-order valence-electron chi connectivity index (χ3n) is 4.71. The molecule has 1 aliphatic heterocycles. The Hall–Kier alpha value is -2.12. The second-order valence-corrected chi connectivity index (χ2v) is 7.24. The summed E-state index contributed by atoms with van der Waals surface area (Å²) >= 11 is 1.47. The number of anilines is 1. The van der Waals surface area contributed by atoms with Crippen molar-refractivity contribution in [2.45, 2.75) is 11.4 Å². The first-order valence-electron chi connectivity index (χ1n) is 9.18. The quantitative estimate of drug-likeness (QED) is 0.584. The molecule has 3 rings (SSSR count). The molecular weight excluding hydrogens is 363 g/mol. The Kier molecular flexibility index (Phi) is 7.06. The van der Waals surface area contributed by atoms with E-state index in [1.165, 1.54) is 17.8 Å². The van der Waals surface area contributed by atoms with Crippen LogP contribution in [0.25, 0.3) is 0 Å². The van der Waals surface area contributed by atoms with Crippen molar-refractivity contribution in [3.63, 3.8) is 0 Å². The fraction of sp³-hybridized carbons (Fsp3) is 0.400. The Morgan fingerprint density at radius 1 is 1.19 bits per heavy atom. The number of rotatable bonds is 7. The second kappa shape index (κ2) is 9.71. The van der Waals surface area contributed by atoms with Gasteiger partial charge in [0.05, 0.1) is 11.3 Å². The lowest BCUT2D eigenvalue weighted by Crippen LogP contribution is -2.47. The first kappa shape index (κ1) is 19.6. The van der Waals surface area contributed by atoms with Crippen LogP contribution in [0.3, 0.4) is 0 Å². The van der Waals surface area contributed by atoms with Crippen LogP contribution in [0.2, 0.25) is 0 Å². The number of carbonyl (C=O) groups excluding carboxylic acids is 1. The van der Waals surface area contributed by atoms with E-state index in [-0.39, 0.29) is 11.7 Å². The van der Waals surface area contributed by atoms with Crippen molar-refractivity contribution in [1.82, 2.24) is 15.2 Å². The molecule has 27 heavy (non-hydrogen) atoms. The fourth-order valence-corrected chi connectivity index (χ4v) is 3.79. The smallest absolute Gasteiger partial charge is 0.254 e. The number of halogens is 1. The van der Waals surface area contributed by atoms with Gasteiger partial charge in [0.25, 0.3) is 5.91 Å². The second-order valence-electron chi connectivity index (χ2n) is 6.45. The highest BCUT2D eigenvalue weighted by molar-refractivity contribution is 7.98. The van der Waals surface area contributed by atoms with Crippen LogP contribution in [-0.4, -0.2) is 61.3 Å². The van der Waals surface area contributed by atoms with E-state index in [1.807, 2.05) is 18.4 Å². The van der Waals surface area contributed by atoms with Crippen molar-refractivity contribution < 1.29 is 9.18 Å². The molecule has 0 aliphatic carbocycles. The monoisotopic (exact) mass is 388 g/mol. The summed E-state index contributed by atoms with van der Waals surface area (Å²) in [4.78, 5) is 21.0. The molecule has 0 saturated carbocycles. The van der Waals surface area contributed by atoms with Gasteiger partial charge in [-0.1, -0.05) is 12.1 Å². The summed E-state index contributed by atoms with van der Waals surface area (Å²) in [6, 6.07) is 10.5. The maximum atomic E-state index is 13.9. The van der Waals surface area contributed by atoms with E-state index < -0.39 is 0 Å². The average Bonchev–Trinajstić information content (AvgIpc) is 2.72. The molecule has 0 unspecified atom stereocenters. The number of para-hydroxylation sites is 1. The molecule has 1 aromatic heterocycles. The van der Waals surface area contributed by atoms with Gasteiger partial charge in [0.1, 0.15) is 10.8 Å². The van der Waals surface area contributed by atoms with E-state index in [4.69, 9.17) is 0 Å². The van der Waals surface area contributed by atoms with Crippen molar-refractivity contribution in [1.29, 1.82) is 0 Å². The summed E-state index contributed by atoms with van der Waals surface area (Å²) < 4.78 is 13.9. The number of pyridine rings is 1. The minimum Gasteiger partial charge on any atom is -0.367 e. The predicted octanol–water partition coefficient (Wildman–Crippen LogP) is 2.88. The summed E-state index contributed by atoms with van der Waals surface area (Å²) in [7, 11) is 0. The van der Waals surface area contributed by atoms with Crippen LogP contribution in [0.1, 0.15) is 16.8 Å². The zero-order chi connectivity index (χ0) is 19.1. The highest BCUT2D eigenvalue weighted by Crippen LogP contribution is 2.20. The summed E-state index contributed by atoms with van der Waals surface area (Å²) in [6.07, 6.45) is 4.50. The van der Waals surface area contributed by atoms with E-state index in [2.05, 4.69) is 20.1 Å². The fourth-order valence-electron chi connectivity index (χ4n) is 3.25. The Balaban J connectivity index is 1.38. The summed E-state index contributed by atoms with van der Waals surface area (Å²) in [5.41, 5.74) is 1.31. The number of nitrogens with one attached hydrogen (secondary N) is 1. The number of piperazine rings is 1. The zero-order valence-electron chi connectivity index (χ0n) is 15.5. The lowest BCUT2D eigenvalue weighted by atomic mass is 10.2. The van der Waals surface area contributed by atoms with Crippen molar-refractivity contribution in [3.8, 4) is 0 Å². The zero-order valence-corrected chi connectivity index (χ0v) is 16.3. The molecular formula is C20H25FN4OS. The molecule has 2 aromatic rings. The highest BCUT2D eigenvalue weighted by atomic mass is 32.2. The van der Waals surface area contributed by atoms with Crippen LogP contribution < -0.4 is 10.2 Å². The van der Waals surface area contributed by atoms with Crippen LogP contribution in [0.15, 0.2) is 47.6 Å². The van der Waals surface area contributed by atoms with E-state index in [0.29, 0.717) is 17.8 Å². The largest absolute Gasteiger partial charge is 0.367 e. The number of aromatic nitrogens is 1. The third-order valence-corrected chi connectivity index (χ3v) is 5.42. The van der Waals surface area contributed by atoms with E-state index in [1.54, 1.807) is 24.4 Å². The van der Waals surface area contributed by atoms with Crippen LogP contribution in [0.5, 0.6) is 0 Å². The number of benzene rings is 1. The van der Waals surface area contributed by atoms with E-state index in [9.17, 15) is 9.18 Å². The molecule has 5 nitrogen and oxygen atoms in total. The van der Waals surface area contributed by atoms with Gasteiger partial charge in [0, 0.05) is 38.9 Å². The molecule has 7 heteroatoms. The molecule has 1 aliphatic rings. The molecule has 1 saturated heterocycles. The Bertz CT molecular complexity index is 765. The number of hydrogen-bond acceptors (Lipinski definition) is 5. The maximum absolute atomic E-state index is 13.9. The SMILES string of the molecule is CSc1ncccc1C(=O)NCCCN1CCN(c2ccccc2F)CC1. The normalized spacial score (nSPS) is 15.0. The minimum atomic E-state index is -0.159. The van der Waals surface area contributed by atoms with Gasteiger partial charge in [-0.15, -0.1) is 11.8 Å². The summed E-state index contributed by atoms with van der Waals surface area (Å²) in [5, 5.41) is 3.73. The van der Waals surface area contributed by atoms with Crippen LogP contribution in [0, 0.1) is 5.82 Å². The minimum absolute atomic E-state index is 0.0724. The van der Waals surface area contributed by atoms with Gasteiger partial charge in [-0.3, -0.25) is 9.69 Å². The Labute approximate surface area is 164 Å². The van der Waals surface area contributed by atoms with Crippen molar-refractivity contribution in [2.75, 3.05) is 50.4 Å². The topological polar surface area (TPSA) is 48.5 Å². The van der Waals surface area contributed by atoms with Crippen molar-refractivity contribution in [3.05, 3.63) is 54.0 Å². The number of carbonyl (C=O) groups is 1. The first-order valence-corrected chi connectivity index (χ1v) is 10.4. The molecule has 144 valence electrons. The van der Waals surface area contributed by atoms with Crippen molar-refractivity contribution in [2.24, 2.45) is 0 Å². The third kappa shape index (κ3) is 5.20. The van der Waals surface area contributed by atoms with Gasteiger partial charge < -0.3 is 10.2 Å². The lowest BCUT2D eigenvalue weighted by molar-refractivity contribution is 0.0948. The summed E-state index contributed by atoms with van der Waals surface area (Å²) in [5.74, 6) is -0.231. The van der Waals surface area contributed by atoms with Gasteiger partial charge in [-0.05, 0) is 43.5 Å². The number of hydrogen-bond donors (Lipinski definition) is 1. The van der Waals surface area contributed by atoms with Gasteiger partial charge in [0.15, 0.2) is 0 Å². The summed E-state index contributed by atoms with van der Waals surface area (Å²) in [6.45, 7) is 5.01. The molecule has 1 amide bonds. The molecule has 1 N–H and O–H groups in total. The number of amides is 1. The van der Waals surface area contributed by atoms with E-state index >= 15 is 0 Å². The van der Waals surface area contributed by atoms with Gasteiger partial charge in [0.2, 0.25) is 0 Å². The number of nitrogens with zero attached hydrogens (tertiary/aromatic N) is 3. The highest BCUT2D eigenvalue weighted by Gasteiger charge is 2.19. The van der Waals surface area contributed by atoms with Crippen LogP contribution in [-0.2, 0) is 0 Å². The van der Waals surface area contributed by atoms with Crippen LogP contribution in [0.4, 0.5) is 10.1 Å². The first-order chi connectivity index (χ1) is 13.2. The molecule has 1 aromatic carbocycles. The molecule has 0 radical (unpaired) electrons. The van der Waals surface area contributed by atoms with Crippen molar-refractivity contribution >= 4 is 23.4 Å². The van der Waals surface area contributed by atoms with Gasteiger partial charge in [-0.25, -0.2) is 9.37 Å². The Morgan fingerprint density at radius 2 is 1.96 bits per heavy atom. The molecule has 0 spiro atoms. The molecule has 2 heterocycles. The van der Waals surface area contributed by atoms with Crippen LogP contribution >= 0.6 is 11.8 Å². The standard InChI is InChI=1S/C20H25FN4OS/c1-27-20-16(6-4-9-23-20)19(26)22-10-5-11-24-12-14-25(15-13-24)18-8-3-2-7-17(18)21/h2-4,6-9H,5,10-15H2,1H3,(H,22,26). The molecule has 0 atom stereocenters. The molecule has 0 bridgehead atoms. The van der Waals surface area contributed by atoms with Gasteiger partial charge >= 0.3 is 0 Å². The molecule has 1 fully saturated rings. The average molecular weight is 389 g/mol.